The predicted octanol–water partition coefficient (Wildman–Crippen LogP) is 38.7. The van der Waals surface area contributed by atoms with Crippen molar-refractivity contribution in [3.8, 4) is 22.3 Å². The molecule has 2 aliphatic carbocycles. The van der Waals surface area contributed by atoms with Gasteiger partial charge in [0.15, 0.2) is 0 Å². The van der Waals surface area contributed by atoms with Gasteiger partial charge < -0.3 is 13.6 Å². The van der Waals surface area contributed by atoms with Crippen LogP contribution in [0.3, 0.4) is 0 Å². The number of thiophene rings is 1. The fourth-order valence-corrected chi connectivity index (χ4v) is 14.0. The van der Waals surface area contributed by atoms with Crippen LogP contribution in [-0.2, 0) is 24.9 Å². The first-order valence-corrected chi connectivity index (χ1v) is 45.9. The van der Waals surface area contributed by atoms with E-state index in [2.05, 4.69) is 306 Å². The average Bonchev–Trinajstić information content (AvgIpc) is 1.59. The normalized spacial score (nSPS) is 10.1. The SMILES string of the molecule is CC.CC.CC.CC.CC.CC.CC.CC.CC.CC.CC.CC.CC.CC.CC.CC.CC1(C)c2ccccc2-c2ccccc21.CC1(C)c2ccccc2-c2ccccc21.Cn1c2ccccc2c2ccccc21.Cn1c2ccccc2c2ccccc21.c1ccc2c(c1)oc1ccccc12.c1ccc2c(c1)sc1ccccc12. The Hall–Kier alpha value is -9.74. The smallest absolute Gasteiger partial charge is 0.135 e. The van der Waals surface area contributed by atoms with Crippen molar-refractivity contribution in [2.24, 2.45) is 14.1 Å². The van der Waals surface area contributed by atoms with Crippen molar-refractivity contribution in [1.82, 2.24) is 9.13 Å². The van der Waals surface area contributed by atoms with Gasteiger partial charge >= 0.3 is 0 Å². The number of fused-ring (bicyclic) bond motifs is 18. The Balaban J connectivity index is -0.000000606. The van der Waals surface area contributed by atoms with E-state index in [0.29, 0.717) is 0 Å². The third-order valence-corrected chi connectivity index (χ3v) is 18.3. The lowest BCUT2D eigenvalue weighted by Crippen LogP contribution is -2.14. The summed E-state index contributed by atoms with van der Waals surface area (Å²) in [5.41, 5.74) is 18.8. The third kappa shape index (κ3) is 29.5. The van der Waals surface area contributed by atoms with Crippen molar-refractivity contribution < 1.29 is 4.42 Å². The quantitative estimate of drug-likeness (QED) is 0.148. The molecule has 0 spiro atoms. The summed E-state index contributed by atoms with van der Waals surface area (Å²) >= 11 is 1.86. The molecule has 0 atom stereocenters. The highest BCUT2D eigenvalue weighted by molar-refractivity contribution is 7.25. The Morgan fingerprint density at radius 2 is 0.353 bits per heavy atom. The lowest BCUT2D eigenvalue weighted by Gasteiger charge is -2.20. The fraction of sp³-hybridized carbons (Fsp3) is 0.357. The molecule has 0 saturated heterocycles. The molecule has 0 fully saturated rings. The molecule has 4 heterocycles. The van der Waals surface area contributed by atoms with Crippen molar-refractivity contribution in [3.63, 3.8) is 0 Å². The number of hydrogen-bond donors (Lipinski definition) is 0. The molecule has 632 valence electrons. The number of aryl methyl sites for hydroxylation is 2. The van der Waals surface area contributed by atoms with Crippen LogP contribution in [0.5, 0.6) is 0 Å². The van der Waals surface area contributed by atoms with E-state index in [4.69, 9.17) is 4.42 Å². The number of hydrogen-bond acceptors (Lipinski definition) is 2. The summed E-state index contributed by atoms with van der Waals surface area (Å²) in [6.07, 6.45) is 0. The fourth-order valence-electron chi connectivity index (χ4n) is 12.9. The minimum atomic E-state index is 0.160. The van der Waals surface area contributed by atoms with Gasteiger partial charge in [0.05, 0.1) is 0 Å². The van der Waals surface area contributed by atoms with Crippen LogP contribution in [0, 0.1) is 0 Å². The molecule has 0 N–H and O–H groups in total. The predicted molar refractivity (Wildman–Crippen MR) is 543 cm³/mol. The zero-order valence-corrected chi connectivity index (χ0v) is 81.2. The standard InChI is InChI=1S/2C15H14.2C13H11N.C12H8O.C12H8S.16C2H6/c2*1-15(2)13-9-5-3-7-11(13)12-8-4-6-10-14(12)15;2*1-14-12-8-4-2-6-10(12)11-7-3-5-9-13(11)14;2*1-3-7-11-9(5-1)10-6-2-4-8-12(10)13-11;16*1-2/h2*3-10H,1-2H3;2*2-9H,1H3;2*1-8H;16*1-2H3. The second-order valence-corrected chi connectivity index (χ2v) is 23.9. The van der Waals surface area contributed by atoms with Gasteiger partial charge in [-0.3, -0.25) is 0 Å². The number of rotatable bonds is 0. The van der Waals surface area contributed by atoms with Gasteiger partial charge in [-0.25, -0.2) is 0 Å². The Kier molecular flexibility index (Phi) is 65.4. The summed E-state index contributed by atoms with van der Waals surface area (Å²) in [4.78, 5) is 0. The summed E-state index contributed by atoms with van der Waals surface area (Å²) in [7, 11) is 4.23. The number of furan rings is 1. The molecule has 12 aromatic carbocycles. The van der Waals surface area contributed by atoms with E-state index in [0.717, 1.165) is 11.2 Å². The molecule has 4 heteroatoms. The van der Waals surface area contributed by atoms with Crippen molar-refractivity contribution in [2.45, 2.75) is 260 Å². The monoisotopic (exact) mass is 1580 g/mol. The van der Waals surface area contributed by atoms with E-state index in [9.17, 15) is 0 Å². The molecule has 0 bridgehead atoms. The van der Waals surface area contributed by atoms with Crippen LogP contribution < -0.4 is 0 Å². The van der Waals surface area contributed by atoms with Crippen LogP contribution in [0.15, 0.2) is 296 Å². The van der Waals surface area contributed by atoms with Crippen molar-refractivity contribution >= 4 is 97.1 Å². The van der Waals surface area contributed by atoms with Crippen LogP contribution in [0.2, 0.25) is 0 Å². The van der Waals surface area contributed by atoms with Crippen LogP contribution in [0.1, 0.15) is 272 Å². The summed E-state index contributed by atoms with van der Waals surface area (Å²) in [6.45, 7) is 73.2. The zero-order chi connectivity index (χ0) is 89.4. The highest BCUT2D eigenvalue weighted by Gasteiger charge is 2.35. The van der Waals surface area contributed by atoms with E-state index in [1.54, 1.807) is 0 Å². The van der Waals surface area contributed by atoms with Crippen LogP contribution in [0.4, 0.5) is 0 Å². The van der Waals surface area contributed by atoms with Gasteiger partial charge in [0.2, 0.25) is 0 Å². The Morgan fingerprint density at radius 3 is 0.578 bits per heavy atom. The lowest BCUT2D eigenvalue weighted by atomic mass is 9.82. The van der Waals surface area contributed by atoms with Gasteiger partial charge in [0.1, 0.15) is 11.2 Å². The molecule has 0 aliphatic heterocycles. The highest BCUT2D eigenvalue weighted by Crippen LogP contribution is 2.49. The molecule has 4 aromatic heterocycles. The Labute approximate surface area is 715 Å². The maximum absolute atomic E-state index is 5.65. The number of para-hydroxylation sites is 6. The van der Waals surface area contributed by atoms with Gasteiger partial charge in [-0.1, -0.05) is 492 Å². The minimum Gasteiger partial charge on any atom is -0.456 e. The summed E-state index contributed by atoms with van der Waals surface area (Å²) < 4.78 is 12.9. The topological polar surface area (TPSA) is 23.0 Å². The van der Waals surface area contributed by atoms with Crippen LogP contribution in [0.25, 0.3) is 108 Å². The first-order chi connectivity index (χ1) is 57.1. The zero-order valence-electron chi connectivity index (χ0n) is 80.4. The maximum Gasteiger partial charge on any atom is 0.135 e. The summed E-state index contributed by atoms with van der Waals surface area (Å²) in [5, 5.41) is 10.5. The Bertz CT molecular complexity index is 4410. The molecule has 0 unspecified atom stereocenters. The number of nitrogens with zero attached hydrogens (tertiary/aromatic N) is 2. The summed E-state index contributed by atoms with van der Waals surface area (Å²) in [5.74, 6) is 0. The van der Waals surface area contributed by atoms with Gasteiger partial charge in [0.25, 0.3) is 0 Å². The number of aromatic nitrogens is 2. The van der Waals surface area contributed by atoms with E-state index in [1.807, 2.05) is 269 Å². The third-order valence-electron chi connectivity index (χ3n) is 17.2. The largest absolute Gasteiger partial charge is 0.456 e. The minimum absolute atomic E-state index is 0.160. The van der Waals surface area contributed by atoms with Crippen molar-refractivity contribution in [1.29, 1.82) is 0 Å². The second kappa shape index (κ2) is 67.4. The molecular weight excluding hydrogens is 1420 g/mol. The van der Waals surface area contributed by atoms with Crippen molar-refractivity contribution in [2.75, 3.05) is 0 Å². The molecule has 116 heavy (non-hydrogen) atoms. The van der Waals surface area contributed by atoms with E-state index in [1.165, 1.54) is 119 Å². The molecule has 0 amide bonds. The maximum atomic E-state index is 5.65. The lowest BCUT2D eigenvalue weighted by molar-refractivity contribution is 0.660. The van der Waals surface area contributed by atoms with E-state index >= 15 is 0 Å². The molecule has 2 aliphatic rings. The second-order valence-electron chi connectivity index (χ2n) is 22.8. The van der Waals surface area contributed by atoms with Gasteiger partial charge in [0, 0.05) is 99.5 Å². The highest BCUT2D eigenvalue weighted by atomic mass is 32.1. The molecule has 0 saturated carbocycles. The molecule has 16 aromatic rings. The van der Waals surface area contributed by atoms with Crippen LogP contribution in [-0.4, -0.2) is 9.13 Å². The van der Waals surface area contributed by atoms with E-state index < -0.39 is 0 Å². The molecular formula is C112H162N2OS. The van der Waals surface area contributed by atoms with Gasteiger partial charge in [-0.2, -0.15) is 0 Å². The van der Waals surface area contributed by atoms with Crippen molar-refractivity contribution in [3.05, 3.63) is 313 Å². The average molecular weight is 1580 g/mol. The molecule has 0 radical (unpaired) electrons. The van der Waals surface area contributed by atoms with E-state index in [-0.39, 0.29) is 10.8 Å². The van der Waals surface area contributed by atoms with Gasteiger partial charge in [-0.05, 0) is 93.0 Å². The first-order valence-electron chi connectivity index (χ1n) is 45.0. The number of benzene rings is 12. The molecule has 18 rings (SSSR count). The Morgan fingerprint density at radius 1 is 0.190 bits per heavy atom. The van der Waals surface area contributed by atoms with Crippen LogP contribution >= 0.6 is 11.3 Å². The molecule has 3 nitrogen and oxygen atoms in total. The van der Waals surface area contributed by atoms with Gasteiger partial charge in [-0.15, -0.1) is 11.3 Å². The first kappa shape index (κ1) is 113. The summed E-state index contributed by atoms with van der Waals surface area (Å²) in [6, 6.07) is 102.